The summed E-state index contributed by atoms with van der Waals surface area (Å²) in [7, 11) is 0. The van der Waals surface area contributed by atoms with Crippen LogP contribution in [0.1, 0.15) is 52.4 Å². The number of nitriles is 1. The molecule has 0 radical (unpaired) electrons. The number of nitrogens with zero attached hydrogens (tertiary/aromatic N) is 5. The Morgan fingerprint density at radius 1 is 1.17 bits per heavy atom. The first-order valence-electron chi connectivity index (χ1n) is 9.87. The third-order valence-corrected chi connectivity index (χ3v) is 4.90. The average molecular weight is 401 g/mol. The van der Waals surface area contributed by atoms with Crippen molar-refractivity contribution in [3.8, 4) is 17.5 Å². The summed E-state index contributed by atoms with van der Waals surface area (Å²) in [6.07, 6.45) is 1.89. The van der Waals surface area contributed by atoms with Crippen LogP contribution < -0.4 is 4.74 Å². The molecular weight excluding hydrogens is 378 g/mol. The summed E-state index contributed by atoms with van der Waals surface area (Å²) in [6, 6.07) is 11.0. The molecular formula is C23H23N5O2. The first-order valence-corrected chi connectivity index (χ1v) is 9.87. The third-order valence-electron chi connectivity index (χ3n) is 4.90. The van der Waals surface area contributed by atoms with E-state index in [1.807, 2.05) is 50.7 Å². The lowest BCUT2D eigenvalue weighted by atomic mass is 10.1. The Morgan fingerprint density at radius 2 is 1.90 bits per heavy atom. The van der Waals surface area contributed by atoms with Crippen LogP contribution in [0.3, 0.4) is 0 Å². The molecule has 0 atom stereocenters. The summed E-state index contributed by atoms with van der Waals surface area (Å²) in [5, 5.41) is 13.9. The molecule has 4 rings (SSSR count). The van der Waals surface area contributed by atoms with Gasteiger partial charge in [-0.1, -0.05) is 0 Å². The van der Waals surface area contributed by atoms with Gasteiger partial charge in [-0.15, -0.1) is 0 Å². The van der Waals surface area contributed by atoms with Gasteiger partial charge in [-0.25, -0.2) is 4.68 Å². The molecule has 0 aliphatic carbocycles. The Balaban J connectivity index is 1.59. The van der Waals surface area contributed by atoms with Gasteiger partial charge < -0.3 is 9.64 Å². The SMILES string of the molecule is Cc1cc(-n2cc3c(n2)CN(C(=O)c2cc(C#N)ccc2OC(C)C)C3)cc(C)n1. The molecule has 0 bridgehead atoms. The van der Waals surface area contributed by atoms with Crippen LogP contribution in [0.5, 0.6) is 5.75 Å². The highest BCUT2D eigenvalue weighted by Gasteiger charge is 2.29. The molecule has 0 spiro atoms. The minimum Gasteiger partial charge on any atom is -0.490 e. The highest BCUT2D eigenvalue weighted by atomic mass is 16.5. The first kappa shape index (κ1) is 19.6. The summed E-state index contributed by atoms with van der Waals surface area (Å²) in [6.45, 7) is 8.62. The summed E-state index contributed by atoms with van der Waals surface area (Å²) in [5.41, 5.74) is 5.55. The van der Waals surface area contributed by atoms with Crippen LogP contribution in [0.4, 0.5) is 0 Å². The monoisotopic (exact) mass is 401 g/mol. The Bertz CT molecular complexity index is 1130. The number of ether oxygens (including phenoxy) is 1. The number of aryl methyl sites for hydroxylation is 2. The molecule has 3 heterocycles. The molecule has 7 heteroatoms. The zero-order chi connectivity index (χ0) is 21.4. The van der Waals surface area contributed by atoms with Gasteiger partial charge in [0.1, 0.15) is 5.75 Å². The van der Waals surface area contributed by atoms with Crippen LogP contribution in [0.2, 0.25) is 0 Å². The molecule has 0 saturated heterocycles. The molecule has 0 fully saturated rings. The van der Waals surface area contributed by atoms with Crippen LogP contribution in [0.15, 0.2) is 36.5 Å². The lowest BCUT2D eigenvalue weighted by Crippen LogP contribution is -2.27. The molecule has 3 aromatic rings. The van der Waals surface area contributed by atoms with E-state index in [1.54, 1.807) is 23.1 Å². The van der Waals surface area contributed by atoms with Crippen LogP contribution in [0, 0.1) is 25.2 Å². The van der Waals surface area contributed by atoms with Crippen molar-refractivity contribution in [2.45, 2.75) is 46.9 Å². The van der Waals surface area contributed by atoms with E-state index in [2.05, 4.69) is 16.2 Å². The van der Waals surface area contributed by atoms with Crippen molar-refractivity contribution in [1.82, 2.24) is 19.7 Å². The zero-order valence-corrected chi connectivity index (χ0v) is 17.5. The standard InChI is InChI=1S/C23H23N5O2/c1-14(2)30-22-6-5-17(10-24)9-20(22)23(29)27-11-18-12-28(26-21(18)13-27)19-7-15(3)25-16(4)8-19/h5-9,12,14H,11,13H2,1-4H3. The zero-order valence-electron chi connectivity index (χ0n) is 17.5. The number of hydrogen-bond acceptors (Lipinski definition) is 5. The fourth-order valence-electron chi connectivity index (χ4n) is 3.67. The maximum atomic E-state index is 13.2. The Morgan fingerprint density at radius 3 is 2.53 bits per heavy atom. The van der Waals surface area contributed by atoms with E-state index < -0.39 is 0 Å². The van der Waals surface area contributed by atoms with E-state index >= 15 is 0 Å². The Kier molecular flexibility index (Phi) is 5.00. The molecule has 152 valence electrons. The second kappa shape index (κ2) is 7.64. The Labute approximate surface area is 175 Å². The van der Waals surface area contributed by atoms with Crippen LogP contribution >= 0.6 is 0 Å². The quantitative estimate of drug-likeness (QED) is 0.666. The molecule has 30 heavy (non-hydrogen) atoms. The van der Waals surface area contributed by atoms with Gasteiger partial charge in [-0.2, -0.15) is 10.4 Å². The second-order valence-electron chi connectivity index (χ2n) is 7.80. The highest BCUT2D eigenvalue weighted by Crippen LogP contribution is 2.29. The summed E-state index contributed by atoms with van der Waals surface area (Å²) in [4.78, 5) is 19.4. The molecule has 1 aromatic carbocycles. The van der Waals surface area contributed by atoms with E-state index in [1.165, 1.54) is 0 Å². The summed E-state index contributed by atoms with van der Waals surface area (Å²) in [5.74, 6) is 0.328. The van der Waals surface area contributed by atoms with Crippen molar-refractivity contribution in [2.75, 3.05) is 0 Å². The minimum absolute atomic E-state index is 0.0737. The van der Waals surface area contributed by atoms with E-state index in [0.717, 1.165) is 28.3 Å². The van der Waals surface area contributed by atoms with E-state index in [9.17, 15) is 10.1 Å². The molecule has 2 aromatic heterocycles. The van der Waals surface area contributed by atoms with E-state index in [0.29, 0.717) is 30.0 Å². The Hall–Kier alpha value is -3.66. The third kappa shape index (κ3) is 3.77. The van der Waals surface area contributed by atoms with Gasteiger partial charge >= 0.3 is 0 Å². The number of fused-ring (bicyclic) bond motifs is 1. The number of amides is 1. The topological polar surface area (TPSA) is 84.0 Å². The number of carbonyl (C=O) groups is 1. The molecule has 0 N–H and O–H groups in total. The summed E-state index contributed by atoms with van der Waals surface area (Å²) < 4.78 is 7.65. The number of aromatic nitrogens is 3. The number of carbonyl (C=O) groups excluding carboxylic acids is 1. The fraction of sp³-hybridized carbons (Fsp3) is 0.304. The lowest BCUT2D eigenvalue weighted by molar-refractivity contribution is 0.0743. The van der Waals surface area contributed by atoms with E-state index in [4.69, 9.17) is 4.74 Å². The fourth-order valence-corrected chi connectivity index (χ4v) is 3.67. The summed E-state index contributed by atoms with van der Waals surface area (Å²) >= 11 is 0. The molecule has 0 unspecified atom stereocenters. The molecule has 1 aliphatic heterocycles. The van der Waals surface area contributed by atoms with Gasteiger partial charge in [-0.05, 0) is 58.0 Å². The van der Waals surface area contributed by atoms with Crippen LogP contribution in [-0.4, -0.2) is 31.7 Å². The number of hydrogen-bond donors (Lipinski definition) is 0. The maximum absolute atomic E-state index is 13.2. The number of benzene rings is 1. The van der Waals surface area contributed by atoms with Crippen molar-refractivity contribution < 1.29 is 9.53 Å². The predicted octanol–water partition coefficient (Wildman–Crippen LogP) is 3.70. The van der Waals surface area contributed by atoms with Crippen molar-refractivity contribution in [1.29, 1.82) is 5.26 Å². The lowest BCUT2D eigenvalue weighted by Gasteiger charge is -2.19. The van der Waals surface area contributed by atoms with Gasteiger partial charge in [0, 0.05) is 29.7 Å². The van der Waals surface area contributed by atoms with Crippen LogP contribution in [0.25, 0.3) is 5.69 Å². The largest absolute Gasteiger partial charge is 0.490 e. The minimum atomic E-state index is -0.164. The van der Waals surface area contributed by atoms with Gasteiger partial charge in [0.15, 0.2) is 0 Å². The van der Waals surface area contributed by atoms with Gasteiger partial charge in [0.2, 0.25) is 0 Å². The predicted molar refractivity (Wildman–Crippen MR) is 111 cm³/mol. The van der Waals surface area contributed by atoms with Crippen molar-refractivity contribution in [2.24, 2.45) is 0 Å². The number of rotatable bonds is 4. The first-order chi connectivity index (χ1) is 14.3. The van der Waals surface area contributed by atoms with Crippen molar-refractivity contribution in [3.05, 3.63) is 70.3 Å². The number of pyridine rings is 1. The van der Waals surface area contributed by atoms with Crippen LogP contribution in [-0.2, 0) is 13.1 Å². The van der Waals surface area contributed by atoms with Gasteiger partial charge in [-0.3, -0.25) is 9.78 Å². The average Bonchev–Trinajstić information content (AvgIpc) is 3.26. The van der Waals surface area contributed by atoms with Gasteiger partial charge in [0.05, 0.1) is 41.2 Å². The smallest absolute Gasteiger partial charge is 0.258 e. The molecule has 7 nitrogen and oxygen atoms in total. The van der Waals surface area contributed by atoms with Crippen molar-refractivity contribution in [3.63, 3.8) is 0 Å². The normalized spacial score (nSPS) is 12.7. The highest BCUT2D eigenvalue weighted by molar-refractivity contribution is 5.97. The molecule has 0 saturated carbocycles. The van der Waals surface area contributed by atoms with Crippen molar-refractivity contribution >= 4 is 5.91 Å². The van der Waals surface area contributed by atoms with Gasteiger partial charge in [0.25, 0.3) is 5.91 Å². The maximum Gasteiger partial charge on any atom is 0.258 e. The second-order valence-corrected chi connectivity index (χ2v) is 7.80. The van der Waals surface area contributed by atoms with E-state index in [-0.39, 0.29) is 12.0 Å². The molecule has 1 aliphatic rings. The molecule has 1 amide bonds.